The SMILES string of the molecule is CC1CCNC1C(=O)N1CC=C(c2ccccc2)CC1. The van der Waals surface area contributed by atoms with Crippen LogP contribution in [0.4, 0.5) is 0 Å². The molecule has 2 aliphatic rings. The van der Waals surface area contributed by atoms with E-state index in [0.717, 1.165) is 32.5 Å². The van der Waals surface area contributed by atoms with Gasteiger partial charge in [0.05, 0.1) is 6.04 Å². The summed E-state index contributed by atoms with van der Waals surface area (Å²) < 4.78 is 0. The summed E-state index contributed by atoms with van der Waals surface area (Å²) >= 11 is 0. The minimum atomic E-state index is 0.0293. The predicted molar refractivity (Wildman–Crippen MR) is 81.2 cm³/mol. The van der Waals surface area contributed by atoms with Crippen molar-refractivity contribution in [1.29, 1.82) is 0 Å². The Labute approximate surface area is 120 Å². The molecule has 2 unspecified atom stereocenters. The normalized spacial score (nSPS) is 26.4. The molecular weight excluding hydrogens is 248 g/mol. The summed E-state index contributed by atoms with van der Waals surface area (Å²) in [5.41, 5.74) is 2.65. The number of nitrogens with zero attached hydrogens (tertiary/aromatic N) is 1. The number of amides is 1. The minimum absolute atomic E-state index is 0.0293. The van der Waals surface area contributed by atoms with E-state index in [2.05, 4.69) is 42.6 Å². The van der Waals surface area contributed by atoms with Crippen LogP contribution in [-0.4, -0.2) is 36.5 Å². The van der Waals surface area contributed by atoms with Crippen molar-refractivity contribution in [2.24, 2.45) is 5.92 Å². The van der Waals surface area contributed by atoms with Crippen molar-refractivity contribution in [3.63, 3.8) is 0 Å². The van der Waals surface area contributed by atoms with Crippen LogP contribution in [0.5, 0.6) is 0 Å². The summed E-state index contributed by atoms with van der Waals surface area (Å²) in [6.45, 7) is 4.71. The Morgan fingerprint density at radius 1 is 1.30 bits per heavy atom. The summed E-state index contributed by atoms with van der Waals surface area (Å²) in [7, 11) is 0. The zero-order valence-corrected chi connectivity index (χ0v) is 12.0. The van der Waals surface area contributed by atoms with Crippen LogP contribution in [0, 0.1) is 5.92 Å². The van der Waals surface area contributed by atoms with Gasteiger partial charge in [-0.3, -0.25) is 4.79 Å². The van der Waals surface area contributed by atoms with Crippen molar-refractivity contribution in [3.05, 3.63) is 42.0 Å². The van der Waals surface area contributed by atoms with Crippen molar-refractivity contribution < 1.29 is 4.79 Å². The number of benzene rings is 1. The Balaban J connectivity index is 1.66. The molecule has 3 nitrogen and oxygen atoms in total. The summed E-state index contributed by atoms with van der Waals surface area (Å²) in [5, 5.41) is 3.33. The third kappa shape index (κ3) is 2.63. The Hall–Kier alpha value is -1.61. The lowest BCUT2D eigenvalue weighted by Gasteiger charge is -2.30. The second kappa shape index (κ2) is 5.80. The van der Waals surface area contributed by atoms with Crippen LogP contribution >= 0.6 is 0 Å². The van der Waals surface area contributed by atoms with E-state index >= 15 is 0 Å². The largest absolute Gasteiger partial charge is 0.337 e. The van der Waals surface area contributed by atoms with Gasteiger partial charge in [-0.1, -0.05) is 43.3 Å². The summed E-state index contributed by atoms with van der Waals surface area (Å²) in [6.07, 6.45) is 4.27. The second-order valence-electron chi connectivity index (χ2n) is 5.83. The van der Waals surface area contributed by atoms with Gasteiger partial charge in [-0.25, -0.2) is 0 Å². The van der Waals surface area contributed by atoms with Gasteiger partial charge in [-0.15, -0.1) is 0 Å². The lowest BCUT2D eigenvalue weighted by atomic mass is 9.97. The zero-order valence-electron chi connectivity index (χ0n) is 12.0. The third-order valence-corrected chi connectivity index (χ3v) is 4.46. The number of hydrogen-bond acceptors (Lipinski definition) is 2. The molecule has 20 heavy (non-hydrogen) atoms. The molecule has 1 amide bonds. The van der Waals surface area contributed by atoms with Gasteiger partial charge in [0.25, 0.3) is 0 Å². The molecule has 2 heterocycles. The van der Waals surface area contributed by atoms with E-state index in [9.17, 15) is 4.79 Å². The molecule has 0 aliphatic carbocycles. The molecule has 2 atom stereocenters. The minimum Gasteiger partial charge on any atom is -0.337 e. The molecule has 1 saturated heterocycles. The Kier molecular flexibility index (Phi) is 3.88. The molecule has 0 aromatic heterocycles. The second-order valence-corrected chi connectivity index (χ2v) is 5.83. The predicted octanol–water partition coefficient (Wildman–Crippen LogP) is 2.30. The smallest absolute Gasteiger partial charge is 0.240 e. The number of carbonyl (C=O) groups excluding carboxylic acids is 1. The molecule has 106 valence electrons. The van der Waals surface area contributed by atoms with Gasteiger partial charge in [-0.05, 0) is 36.4 Å². The Morgan fingerprint density at radius 2 is 2.10 bits per heavy atom. The van der Waals surface area contributed by atoms with E-state index in [0.29, 0.717) is 5.92 Å². The van der Waals surface area contributed by atoms with Crippen molar-refractivity contribution in [2.45, 2.75) is 25.8 Å². The number of rotatable bonds is 2. The van der Waals surface area contributed by atoms with Gasteiger partial charge < -0.3 is 10.2 Å². The first kappa shape index (κ1) is 13.4. The molecule has 1 aromatic carbocycles. The van der Waals surface area contributed by atoms with Crippen molar-refractivity contribution in [1.82, 2.24) is 10.2 Å². The molecule has 0 radical (unpaired) electrons. The van der Waals surface area contributed by atoms with Crippen LogP contribution in [0.3, 0.4) is 0 Å². The molecule has 3 heteroatoms. The molecule has 0 saturated carbocycles. The van der Waals surface area contributed by atoms with Crippen LogP contribution in [0.15, 0.2) is 36.4 Å². The first-order valence-corrected chi connectivity index (χ1v) is 7.52. The van der Waals surface area contributed by atoms with Gasteiger partial charge in [-0.2, -0.15) is 0 Å². The van der Waals surface area contributed by atoms with E-state index in [4.69, 9.17) is 0 Å². The topological polar surface area (TPSA) is 32.3 Å². The maximum Gasteiger partial charge on any atom is 0.240 e. The standard InChI is InChI=1S/C17H22N2O/c1-13-7-10-18-16(13)17(20)19-11-8-15(9-12-19)14-5-3-2-4-6-14/h2-6,8,13,16,18H,7,9-12H2,1H3. The average molecular weight is 270 g/mol. The highest BCUT2D eigenvalue weighted by Crippen LogP contribution is 2.24. The molecule has 1 fully saturated rings. The fourth-order valence-corrected chi connectivity index (χ4v) is 3.15. The summed E-state index contributed by atoms with van der Waals surface area (Å²) in [6, 6.07) is 10.5. The fourth-order valence-electron chi connectivity index (χ4n) is 3.15. The monoisotopic (exact) mass is 270 g/mol. The number of carbonyl (C=O) groups is 1. The lowest BCUT2D eigenvalue weighted by Crippen LogP contribution is -2.47. The number of hydrogen-bond donors (Lipinski definition) is 1. The van der Waals surface area contributed by atoms with E-state index in [1.165, 1.54) is 11.1 Å². The van der Waals surface area contributed by atoms with Crippen molar-refractivity contribution in [2.75, 3.05) is 19.6 Å². The first-order valence-electron chi connectivity index (χ1n) is 7.52. The quantitative estimate of drug-likeness (QED) is 0.894. The maximum absolute atomic E-state index is 12.5. The van der Waals surface area contributed by atoms with Crippen LogP contribution < -0.4 is 5.32 Å². The van der Waals surface area contributed by atoms with Crippen molar-refractivity contribution in [3.8, 4) is 0 Å². The number of nitrogens with one attached hydrogen (secondary N) is 1. The third-order valence-electron chi connectivity index (χ3n) is 4.46. The van der Waals surface area contributed by atoms with Crippen LogP contribution in [0.2, 0.25) is 0 Å². The first-order chi connectivity index (χ1) is 9.75. The fraction of sp³-hybridized carbons (Fsp3) is 0.471. The maximum atomic E-state index is 12.5. The highest BCUT2D eigenvalue weighted by atomic mass is 16.2. The molecule has 2 aliphatic heterocycles. The van der Waals surface area contributed by atoms with Gasteiger partial charge >= 0.3 is 0 Å². The lowest BCUT2D eigenvalue weighted by molar-refractivity contribution is -0.133. The van der Waals surface area contributed by atoms with E-state index in [1.807, 2.05) is 11.0 Å². The van der Waals surface area contributed by atoms with Crippen LogP contribution in [0.25, 0.3) is 5.57 Å². The average Bonchev–Trinajstić information content (AvgIpc) is 2.94. The Bertz CT molecular complexity index is 509. The molecule has 3 rings (SSSR count). The van der Waals surface area contributed by atoms with Gasteiger partial charge in [0.15, 0.2) is 0 Å². The van der Waals surface area contributed by atoms with Gasteiger partial charge in [0, 0.05) is 13.1 Å². The molecule has 0 bridgehead atoms. The van der Waals surface area contributed by atoms with Crippen LogP contribution in [0.1, 0.15) is 25.3 Å². The highest BCUT2D eigenvalue weighted by Gasteiger charge is 2.32. The highest BCUT2D eigenvalue weighted by molar-refractivity contribution is 5.83. The summed E-state index contributed by atoms with van der Waals surface area (Å²) in [4.78, 5) is 14.5. The van der Waals surface area contributed by atoms with E-state index in [-0.39, 0.29) is 11.9 Å². The van der Waals surface area contributed by atoms with Gasteiger partial charge in [0.1, 0.15) is 0 Å². The molecular formula is C17H22N2O. The van der Waals surface area contributed by atoms with Crippen molar-refractivity contribution >= 4 is 11.5 Å². The van der Waals surface area contributed by atoms with Crippen LogP contribution in [-0.2, 0) is 4.79 Å². The zero-order chi connectivity index (χ0) is 13.9. The molecule has 1 N–H and O–H groups in total. The van der Waals surface area contributed by atoms with E-state index in [1.54, 1.807) is 0 Å². The van der Waals surface area contributed by atoms with Gasteiger partial charge in [0.2, 0.25) is 5.91 Å². The molecule has 0 spiro atoms. The Morgan fingerprint density at radius 3 is 2.70 bits per heavy atom. The summed E-state index contributed by atoms with van der Waals surface area (Å²) in [5.74, 6) is 0.736. The van der Waals surface area contributed by atoms with E-state index < -0.39 is 0 Å². The molecule has 1 aromatic rings.